The number of nitrogens with one attached hydrogen (secondary N) is 2. The summed E-state index contributed by atoms with van der Waals surface area (Å²) in [6, 6.07) is 8.09. The van der Waals surface area contributed by atoms with Gasteiger partial charge in [0.25, 0.3) is 0 Å². The van der Waals surface area contributed by atoms with Crippen LogP contribution in [0.1, 0.15) is 24.9 Å². The van der Waals surface area contributed by atoms with E-state index in [4.69, 9.17) is 0 Å². The fraction of sp³-hybridized carbons (Fsp3) is 0.533. The predicted octanol–water partition coefficient (Wildman–Crippen LogP) is 1.92. The second kappa shape index (κ2) is 7.76. The molecule has 0 bridgehead atoms. The fourth-order valence-electron chi connectivity index (χ4n) is 2.41. The third-order valence-electron chi connectivity index (χ3n) is 3.53. The third-order valence-corrected chi connectivity index (χ3v) is 4.02. The summed E-state index contributed by atoms with van der Waals surface area (Å²) < 4.78 is 1.04. The Balaban J connectivity index is 1.84. The normalized spacial score (nSPS) is 18.3. The highest BCUT2D eigenvalue weighted by Crippen LogP contribution is 2.17. The van der Waals surface area contributed by atoms with Crippen molar-refractivity contribution in [2.75, 3.05) is 32.7 Å². The lowest BCUT2D eigenvalue weighted by Gasteiger charge is -2.21. The van der Waals surface area contributed by atoms with Crippen molar-refractivity contribution in [1.82, 2.24) is 15.5 Å². The Morgan fingerprint density at radius 3 is 3.10 bits per heavy atom. The first-order chi connectivity index (χ1) is 9.65. The molecule has 4 nitrogen and oxygen atoms in total. The van der Waals surface area contributed by atoms with Crippen molar-refractivity contribution < 1.29 is 4.79 Å². The Kier molecular flexibility index (Phi) is 6.01. The smallest absolute Gasteiger partial charge is 0.234 e. The number of hydrogen-bond donors (Lipinski definition) is 2. The Bertz CT molecular complexity index is 444. The van der Waals surface area contributed by atoms with E-state index in [1.165, 1.54) is 0 Å². The zero-order valence-electron chi connectivity index (χ0n) is 11.9. The Labute approximate surface area is 129 Å². The van der Waals surface area contributed by atoms with Crippen LogP contribution in [0.2, 0.25) is 0 Å². The molecule has 1 heterocycles. The summed E-state index contributed by atoms with van der Waals surface area (Å²) in [5.74, 6) is 0.0966. The molecule has 5 heteroatoms. The number of halogens is 1. The van der Waals surface area contributed by atoms with Gasteiger partial charge in [0.05, 0.1) is 12.6 Å². The molecule has 1 saturated heterocycles. The minimum Gasteiger partial charge on any atom is -0.348 e. The fourth-order valence-corrected chi connectivity index (χ4v) is 2.83. The number of benzene rings is 1. The topological polar surface area (TPSA) is 44.4 Å². The maximum atomic E-state index is 12.1. The number of carbonyl (C=O) groups is 1. The molecule has 2 rings (SSSR count). The lowest BCUT2D eigenvalue weighted by Crippen LogP contribution is -2.39. The molecule has 1 aromatic rings. The van der Waals surface area contributed by atoms with Crippen molar-refractivity contribution in [3.05, 3.63) is 34.3 Å². The van der Waals surface area contributed by atoms with Crippen molar-refractivity contribution in [3.63, 3.8) is 0 Å². The van der Waals surface area contributed by atoms with Gasteiger partial charge < -0.3 is 10.6 Å². The van der Waals surface area contributed by atoms with Crippen molar-refractivity contribution >= 4 is 21.8 Å². The van der Waals surface area contributed by atoms with E-state index in [0.717, 1.165) is 42.6 Å². The van der Waals surface area contributed by atoms with Crippen molar-refractivity contribution in [3.8, 4) is 0 Å². The molecule has 0 unspecified atom stereocenters. The highest BCUT2D eigenvalue weighted by Gasteiger charge is 2.15. The molecular formula is C15H22BrN3O. The summed E-state index contributed by atoms with van der Waals surface area (Å²) in [5, 5.41) is 6.41. The van der Waals surface area contributed by atoms with Gasteiger partial charge in [-0.1, -0.05) is 28.1 Å². The number of carbonyl (C=O) groups excluding carboxylic acids is 1. The molecule has 0 aromatic heterocycles. The molecule has 110 valence electrons. The van der Waals surface area contributed by atoms with Crippen LogP contribution in [-0.2, 0) is 4.79 Å². The van der Waals surface area contributed by atoms with Crippen LogP contribution >= 0.6 is 15.9 Å². The largest absolute Gasteiger partial charge is 0.348 e. The summed E-state index contributed by atoms with van der Waals surface area (Å²) in [6.45, 7) is 6.45. The first kappa shape index (κ1) is 15.5. The molecule has 1 amide bonds. The van der Waals surface area contributed by atoms with Gasteiger partial charge >= 0.3 is 0 Å². The summed E-state index contributed by atoms with van der Waals surface area (Å²) >= 11 is 3.46. The van der Waals surface area contributed by atoms with E-state index in [1.807, 2.05) is 31.2 Å². The number of hydrogen-bond acceptors (Lipinski definition) is 3. The lowest BCUT2D eigenvalue weighted by molar-refractivity contribution is -0.122. The quantitative estimate of drug-likeness (QED) is 0.880. The van der Waals surface area contributed by atoms with Gasteiger partial charge in [-0.15, -0.1) is 0 Å². The maximum absolute atomic E-state index is 12.1. The SMILES string of the molecule is C[C@@H](NC(=O)CN1CCCNCC1)c1cccc(Br)c1. The number of rotatable bonds is 4. The van der Waals surface area contributed by atoms with Crippen LogP contribution in [0.4, 0.5) is 0 Å². The van der Waals surface area contributed by atoms with E-state index in [2.05, 4.69) is 31.5 Å². The average molecular weight is 340 g/mol. The molecule has 1 aliphatic rings. The van der Waals surface area contributed by atoms with E-state index < -0.39 is 0 Å². The maximum Gasteiger partial charge on any atom is 0.234 e. The van der Waals surface area contributed by atoms with Gasteiger partial charge in [0, 0.05) is 17.6 Å². The van der Waals surface area contributed by atoms with Gasteiger partial charge in [0.2, 0.25) is 5.91 Å². The first-order valence-electron chi connectivity index (χ1n) is 7.13. The molecule has 1 fully saturated rings. The minimum atomic E-state index is 0.0325. The zero-order valence-corrected chi connectivity index (χ0v) is 13.4. The molecular weight excluding hydrogens is 318 g/mol. The molecule has 2 N–H and O–H groups in total. The molecule has 0 spiro atoms. The van der Waals surface area contributed by atoms with E-state index >= 15 is 0 Å². The monoisotopic (exact) mass is 339 g/mol. The van der Waals surface area contributed by atoms with Crippen LogP contribution in [-0.4, -0.2) is 43.5 Å². The molecule has 1 aromatic carbocycles. The third kappa shape index (κ3) is 4.89. The molecule has 1 aliphatic heterocycles. The highest BCUT2D eigenvalue weighted by atomic mass is 79.9. The number of nitrogens with zero attached hydrogens (tertiary/aromatic N) is 1. The zero-order chi connectivity index (χ0) is 14.4. The summed E-state index contributed by atoms with van der Waals surface area (Å²) in [5.41, 5.74) is 1.12. The number of amides is 1. The first-order valence-corrected chi connectivity index (χ1v) is 7.92. The van der Waals surface area contributed by atoms with Gasteiger partial charge in [0.1, 0.15) is 0 Å². The van der Waals surface area contributed by atoms with Crippen LogP contribution in [0.3, 0.4) is 0 Å². The van der Waals surface area contributed by atoms with Crippen molar-refractivity contribution in [1.29, 1.82) is 0 Å². The predicted molar refractivity (Wildman–Crippen MR) is 84.6 cm³/mol. The van der Waals surface area contributed by atoms with Crippen LogP contribution in [0, 0.1) is 0 Å². The van der Waals surface area contributed by atoms with Gasteiger partial charge in [-0.25, -0.2) is 0 Å². The summed E-state index contributed by atoms with van der Waals surface area (Å²) in [7, 11) is 0. The molecule has 0 saturated carbocycles. The van der Waals surface area contributed by atoms with Crippen molar-refractivity contribution in [2.24, 2.45) is 0 Å². The van der Waals surface area contributed by atoms with Crippen LogP contribution in [0.15, 0.2) is 28.7 Å². The van der Waals surface area contributed by atoms with Gasteiger partial charge in [-0.2, -0.15) is 0 Å². The lowest BCUT2D eigenvalue weighted by atomic mass is 10.1. The van der Waals surface area contributed by atoms with E-state index in [1.54, 1.807) is 0 Å². The minimum absolute atomic E-state index is 0.0325. The molecule has 0 radical (unpaired) electrons. The Hall–Kier alpha value is -0.910. The second-order valence-electron chi connectivity index (χ2n) is 5.22. The van der Waals surface area contributed by atoms with Gasteiger partial charge in [0.15, 0.2) is 0 Å². The van der Waals surface area contributed by atoms with Gasteiger partial charge in [-0.3, -0.25) is 9.69 Å². The van der Waals surface area contributed by atoms with E-state index in [0.29, 0.717) is 6.54 Å². The molecule has 0 aliphatic carbocycles. The van der Waals surface area contributed by atoms with Crippen LogP contribution in [0.5, 0.6) is 0 Å². The Morgan fingerprint density at radius 2 is 2.30 bits per heavy atom. The molecule has 20 heavy (non-hydrogen) atoms. The average Bonchev–Trinajstić information content (AvgIpc) is 2.67. The van der Waals surface area contributed by atoms with Crippen LogP contribution < -0.4 is 10.6 Å². The summed E-state index contributed by atoms with van der Waals surface area (Å²) in [4.78, 5) is 14.3. The van der Waals surface area contributed by atoms with E-state index in [9.17, 15) is 4.79 Å². The van der Waals surface area contributed by atoms with Gasteiger partial charge in [-0.05, 0) is 44.1 Å². The Morgan fingerprint density at radius 1 is 1.45 bits per heavy atom. The van der Waals surface area contributed by atoms with E-state index in [-0.39, 0.29) is 11.9 Å². The summed E-state index contributed by atoms with van der Waals surface area (Å²) in [6.07, 6.45) is 1.11. The highest BCUT2D eigenvalue weighted by molar-refractivity contribution is 9.10. The second-order valence-corrected chi connectivity index (χ2v) is 6.14. The van der Waals surface area contributed by atoms with Crippen LogP contribution in [0.25, 0.3) is 0 Å². The molecule has 1 atom stereocenters. The standard InChI is InChI=1S/C15H22BrN3O/c1-12(13-4-2-5-14(16)10-13)18-15(20)11-19-8-3-6-17-7-9-19/h2,4-5,10,12,17H,3,6-9,11H2,1H3,(H,18,20)/t12-/m1/s1. The van der Waals surface area contributed by atoms with Crippen molar-refractivity contribution in [2.45, 2.75) is 19.4 Å².